The van der Waals surface area contributed by atoms with Crippen LogP contribution in [0.15, 0.2) is 42.6 Å². The van der Waals surface area contributed by atoms with Gasteiger partial charge in [0, 0.05) is 34.0 Å². The number of anilines is 2. The monoisotopic (exact) mass is 338 g/mol. The molecule has 2 heterocycles. The number of fused-ring (bicyclic) bond motifs is 1. The molecule has 6 heteroatoms. The standard InChI is InChI=1S/C19H22N4O2/c1-13(24)23-12-15-7-5-4-6-14(15)10-17(23)19(25)21-18-9-8-16(11-20-18)22(2)3/h4-9,11,17H,10,12H2,1-3H3,(H,20,21,25)/t17-/m1/s1. The molecule has 1 aromatic carbocycles. The molecule has 1 aromatic heterocycles. The Morgan fingerprint density at radius 3 is 2.48 bits per heavy atom. The van der Waals surface area contributed by atoms with E-state index in [-0.39, 0.29) is 11.8 Å². The molecule has 1 aliphatic heterocycles. The zero-order valence-electron chi connectivity index (χ0n) is 14.7. The van der Waals surface area contributed by atoms with Crippen LogP contribution in [0.1, 0.15) is 18.1 Å². The first kappa shape index (κ1) is 17.0. The molecular weight excluding hydrogens is 316 g/mol. The summed E-state index contributed by atoms with van der Waals surface area (Å²) in [4.78, 5) is 32.6. The van der Waals surface area contributed by atoms with Crippen molar-refractivity contribution in [3.05, 3.63) is 53.7 Å². The Hall–Kier alpha value is -2.89. The third-order valence-electron chi connectivity index (χ3n) is 4.47. The minimum Gasteiger partial charge on any atom is -0.376 e. The maximum atomic E-state index is 12.8. The van der Waals surface area contributed by atoms with Gasteiger partial charge in [-0.15, -0.1) is 0 Å². The fourth-order valence-electron chi connectivity index (χ4n) is 3.02. The zero-order chi connectivity index (χ0) is 18.0. The van der Waals surface area contributed by atoms with Crippen molar-refractivity contribution in [2.45, 2.75) is 25.9 Å². The summed E-state index contributed by atoms with van der Waals surface area (Å²) in [5.74, 6) is 0.165. The molecule has 0 unspecified atom stereocenters. The van der Waals surface area contributed by atoms with Gasteiger partial charge in [-0.1, -0.05) is 24.3 Å². The highest BCUT2D eigenvalue weighted by atomic mass is 16.2. The Balaban J connectivity index is 1.78. The van der Waals surface area contributed by atoms with Crippen molar-refractivity contribution in [1.29, 1.82) is 0 Å². The Morgan fingerprint density at radius 1 is 1.16 bits per heavy atom. The van der Waals surface area contributed by atoms with Crippen LogP contribution >= 0.6 is 0 Å². The van der Waals surface area contributed by atoms with Crippen LogP contribution in [0.3, 0.4) is 0 Å². The van der Waals surface area contributed by atoms with Gasteiger partial charge in [0.2, 0.25) is 11.8 Å². The maximum absolute atomic E-state index is 12.8. The number of pyridine rings is 1. The SMILES string of the molecule is CC(=O)N1Cc2ccccc2C[C@@H]1C(=O)Nc1ccc(N(C)C)cn1. The van der Waals surface area contributed by atoms with Crippen molar-refractivity contribution in [2.75, 3.05) is 24.3 Å². The summed E-state index contributed by atoms with van der Waals surface area (Å²) in [7, 11) is 3.86. The minimum atomic E-state index is -0.525. The first-order valence-corrected chi connectivity index (χ1v) is 8.24. The molecule has 2 amide bonds. The number of benzene rings is 1. The third-order valence-corrected chi connectivity index (χ3v) is 4.47. The molecule has 1 N–H and O–H groups in total. The molecule has 6 nitrogen and oxygen atoms in total. The first-order chi connectivity index (χ1) is 12.0. The molecule has 0 radical (unpaired) electrons. The third kappa shape index (κ3) is 3.63. The Bertz CT molecular complexity index is 786. The summed E-state index contributed by atoms with van der Waals surface area (Å²) in [6.45, 7) is 1.95. The van der Waals surface area contributed by atoms with Gasteiger partial charge < -0.3 is 15.1 Å². The minimum absolute atomic E-state index is 0.106. The summed E-state index contributed by atoms with van der Waals surface area (Å²) in [6, 6.07) is 11.1. The summed E-state index contributed by atoms with van der Waals surface area (Å²) < 4.78 is 0. The molecule has 1 atom stereocenters. The fraction of sp³-hybridized carbons (Fsp3) is 0.316. The van der Waals surface area contributed by atoms with Crippen LogP contribution in [-0.2, 0) is 22.6 Å². The molecule has 0 spiro atoms. The Labute approximate surface area is 147 Å². The Kier molecular flexibility index (Phi) is 4.70. The van der Waals surface area contributed by atoms with E-state index >= 15 is 0 Å². The van der Waals surface area contributed by atoms with Gasteiger partial charge in [-0.3, -0.25) is 9.59 Å². The molecule has 0 bridgehead atoms. The molecule has 130 valence electrons. The number of aromatic nitrogens is 1. The van der Waals surface area contributed by atoms with Gasteiger partial charge in [0.25, 0.3) is 0 Å². The number of carbonyl (C=O) groups is 2. The van der Waals surface area contributed by atoms with Crippen LogP contribution in [0.2, 0.25) is 0 Å². The highest BCUT2D eigenvalue weighted by molar-refractivity contribution is 5.96. The van der Waals surface area contributed by atoms with E-state index in [0.717, 1.165) is 16.8 Å². The predicted octanol–water partition coefficient (Wildman–Crippen LogP) is 2.06. The van der Waals surface area contributed by atoms with Gasteiger partial charge in [0.15, 0.2) is 0 Å². The largest absolute Gasteiger partial charge is 0.376 e. The van der Waals surface area contributed by atoms with E-state index in [4.69, 9.17) is 0 Å². The van der Waals surface area contributed by atoms with Crippen molar-refractivity contribution in [1.82, 2.24) is 9.88 Å². The summed E-state index contributed by atoms with van der Waals surface area (Å²) >= 11 is 0. The zero-order valence-corrected chi connectivity index (χ0v) is 14.7. The predicted molar refractivity (Wildman–Crippen MR) is 97.4 cm³/mol. The van der Waals surface area contributed by atoms with Gasteiger partial charge in [0.1, 0.15) is 11.9 Å². The van der Waals surface area contributed by atoms with E-state index in [9.17, 15) is 9.59 Å². The van der Waals surface area contributed by atoms with Crippen LogP contribution in [0.5, 0.6) is 0 Å². The van der Waals surface area contributed by atoms with Crippen LogP contribution in [0.25, 0.3) is 0 Å². The number of amides is 2. The van der Waals surface area contributed by atoms with E-state index < -0.39 is 6.04 Å². The van der Waals surface area contributed by atoms with Crippen molar-refractivity contribution in [3.8, 4) is 0 Å². The second kappa shape index (κ2) is 6.93. The molecule has 0 fully saturated rings. The normalized spacial score (nSPS) is 16.1. The van der Waals surface area contributed by atoms with Crippen molar-refractivity contribution >= 4 is 23.3 Å². The molecule has 0 saturated heterocycles. The highest BCUT2D eigenvalue weighted by Gasteiger charge is 2.33. The summed E-state index contributed by atoms with van der Waals surface area (Å²) in [6.07, 6.45) is 2.21. The van der Waals surface area contributed by atoms with E-state index in [1.165, 1.54) is 6.92 Å². The van der Waals surface area contributed by atoms with Gasteiger partial charge in [0.05, 0.1) is 11.9 Å². The number of nitrogens with zero attached hydrogens (tertiary/aromatic N) is 3. The summed E-state index contributed by atoms with van der Waals surface area (Å²) in [5.41, 5.74) is 3.15. The fourth-order valence-corrected chi connectivity index (χ4v) is 3.02. The number of hydrogen-bond donors (Lipinski definition) is 1. The van der Waals surface area contributed by atoms with Gasteiger partial charge in [-0.05, 0) is 23.3 Å². The van der Waals surface area contributed by atoms with Crippen molar-refractivity contribution in [2.24, 2.45) is 0 Å². The number of rotatable bonds is 3. The first-order valence-electron chi connectivity index (χ1n) is 8.24. The average molecular weight is 338 g/mol. The van der Waals surface area contributed by atoms with Crippen LogP contribution in [0, 0.1) is 0 Å². The summed E-state index contributed by atoms with van der Waals surface area (Å²) in [5, 5.41) is 2.83. The van der Waals surface area contributed by atoms with Crippen LogP contribution in [0.4, 0.5) is 11.5 Å². The van der Waals surface area contributed by atoms with E-state index in [2.05, 4.69) is 10.3 Å². The maximum Gasteiger partial charge on any atom is 0.248 e. The number of hydrogen-bond acceptors (Lipinski definition) is 4. The van der Waals surface area contributed by atoms with Crippen LogP contribution in [-0.4, -0.2) is 41.8 Å². The lowest BCUT2D eigenvalue weighted by Crippen LogP contribution is -2.50. The highest BCUT2D eigenvalue weighted by Crippen LogP contribution is 2.24. The van der Waals surface area contributed by atoms with Gasteiger partial charge in [-0.25, -0.2) is 4.98 Å². The molecule has 0 aliphatic carbocycles. The molecule has 0 saturated carbocycles. The van der Waals surface area contributed by atoms with Crippen molar-refractivity contribution < 1.29 is 9.59 Å². The van der Waals surface area contributed by atoms with Crippen LogP contribution < -0.4 is 10.2 Å². The lowest BCUT2D eigenvalue weighted by Gasteiger charge is -2.35. The number of carbonyl (C=O) groups excluding carboxylic acids is 2. The molecule has 2 aromatic rings. The molecule has 1 aliphatic rings. The Morgan fingerprint density at radius 2 is 1.88 bits per heavy atom. The lowest BCUT2D eigenvalue weighted by molar-refractivity contribution is -0.138. The van der Waals surface area contributed by atoms with E-state index in [1.54, 1.807) is 17.2 Å². The lowest BCUT2D eigenvalue weighted by atomic mass is 9.93. The molecule has 3 rings (SSSR count). The topological polar surface area (TPSA) is 65.5 Å². The quantitative estimate of drug-likeness (QED) is 0.930. The smallest absolute Gasteiger partial charge is 0.248 e. The molecular formula is C19H22N4O2. The average Bonchev–Trinajstić information content (AvgIpc) is 2.61. The number of nitrogens with one attached hydrogen (secondary N) is 1. The second-order valence-electron chi connectivity index (χ2n) is 6.42. The molecule has 25 heavy (non-hydrogen) atoms. The van der Waals surface area contributed by atoms with E-state index in [1.807, 2.05) is 49.3 Å². The van der Waals surface area contributed by atoms with Gasteiger partial charge in [-0.2, -0.15) is 0 Å². The van der Waals surface area contributed by atoms with E-state index in [0.29, 0.717) is 18.8 Å². The van der Waals surface area contributed by atoms with Gasteiger partial charge >= 0.3 is 0 Å². The van der Waals surface area contributed by atoms with Crippen molar-refractivity contribution in [3.63, 3.8) is 0 Å². The second-order valence-corrected chi connectivity index (χ2v) is 6.42.